The van der Waals surface area contributed by atoms with Gasteiger partial charge in [0.2, 0.25) is 5.91 Å². The van der Waals surface area contributed by atoms with E-state index in [4.69, 9.17) is 0 Å². The third-order valence-electron chi connectivity index (χ3n) is 6.28. The third-order valence-corrected chi connectivity index (χ3v) is 7.47. The number of carbonyl (C=O) groups excluding carboxylic acids is 1. The number of nitrogens with zero attached hydrogens (tertiary/aromatic N) is 3. The fourth-order valence-electron chi connectivity index (χ4n) is 4.47. The van der Waals surface area contributed by atoms with E-state index >= 15 is 0 Å². The van der Waals surface area contributed by atoms with Gasteiger partial charge in [0.1, 0.15) is 16.3 Å². The molecule has 0 aliphatic heterocycles. The highest BCUT2D eigenvalue weighted by atomic mass is 32.1. The molecule has 1 aliphatic rings. The smallest absolute Gasteiger partial charge is 0.295 e. The van der Waals surface area contributed by atoms with Gasteiger partial charge in [-0.05, 0) is 50.3 Å². The molecule has 8 nitrogen and oxygen atoms in total. The number of fused-ring (bicyclic) bond motifs is 3. The summed E-state index contributed by atoms with van der Waals surface area (Å²) >= 11 is 1.59. The minimum atomic E-state index is -0.297. The molecule has 9 heteroatoms. The Kier molecular flexibility index (Phi) is 5.49. The van der Waals surface area contributed by atoms with Gasteiger partial charge < -0.3 is 10.3 Å². The van der Waals surface area contributed by atoms with Gasteiger partial charge >= 0.3 is 0 Å². The lowest BCUT2D eigenvalue weighted by Crippen LogP contribution is -2.23. The van der Waals surface area contributed by atoms with Gasteiger partial charge in [-0.15, -0.1) is 11.3 Å². The second-order valence-electron chi connectivity index (χ2n) is 8.39. The molecule has 1 aliphatic carbocycles. The lowest BCUT2D eigenvalue weighted by Gasteiger charge is -2.09. The standard InChI is InChI=1S/C24H25N5O3S/c1-14-21(24(32)29(28(14)2)15-8-4-3-5-9-15)27-19(30)13-12-18-25-22(31)20-16-10-6-7-11-17(16)33-23(20)26-18/h3-5,8-9H,6-7,10-13H2,1-2H3,(H,27,30)(H,25,26,31). The van der Waals surface area contributed by atoms with Crippen LogP contribution in [0.3, 0.4) is 0 Å². The van der Waals surface area contributed by atoms with Crippen LogP contribution in [0.15, 0.2) is 39.9 Å². The third kappa shape index (κ3) is 3.82. The topological polar surface area (TPSA) is 102 Å². The minimum Gasteiger partial charge on any atom is -0.320 e. The van der Waals surface area contributed by atoms with Gasteiger partial charge in [0.15, 0.2) is 0 Å². The normalized spacial score (nSPS) is 13.3. The number of para-hydroxylation sites is 1. The van der Waals surface area contributed by atoms with E-state index in [0.717, 1.165) is 41.8 Å². The first-order chi connectivity index (χ1) is 15.9. The molecular weight excluding hydrogens is 438 g/mol. The van der Waals surface area contributed by atoms with E-state index in [-0.39, 0.29) is 29.1 Å². The number of anilines is 1. The molecule has 5 rings (SSSR count). The molecule has 4 aromatic rings. The number of thiophene rings is 1. The van der Waals surface area contributed by atoms with Crippen LogP contribution >= 0.6 is 11.3 Å². The molecule has 3 aromatic heterocycles. The fourth-order valence-corrected chi connectivity index (χ4v) is 5.75. The Morgan fingerprint density at radius 3 is 2.73 bits per heavy atom. The number of rotatable bonds is 5. The van der Waals surface area contributed by atoms with Crippen LogP contribution in [0.4, 0.5) is 5.69 Å². The van der Waals surface area contributed by atoms with Gasteiger partial charge in [-0.2, -0.15) is 0 Å². The number of aromatic nitrogens is 4. The van der Waals surface area contributed by atoms with E-state index in [2.05, 4.69) is 15.3 Å². The second-order valence-corrected chi connectivity index (χ2v) is 9.47. The fraction of sp³-hybridized carbons (Fsp3) is 0.333. The molecule has 2 N–H and O–H groups in total. The molecule has 0 unspecified atom stereocenters. The number of nitrogens with one attached hydrogen (secondary N) is 2. The van der Waals surface area contributed by atoms with Crippen molar-refractivity contribution in [2.45, 2.75) is 45.4 Å². The SMILES string of the molecule is Cc1c(NC(=O)CCc2nc3sc4c(c3c(=O)[nH]2)CCCC4)c(=O)n(-c2ccccc2)n1C. The maximum atomic E-state index is 13.0. The summed E-state index contributed by atoms with van der Waals surface area (Å²) in [5, 5.41) is 3.47. The molecule has 0 radical (unpaired) electrons. The number of benzene rings is 1. The maximum absolute atomic E-state index is 13.0. The largest absolute Gasteiger partial charge is 0.320 e. The Hall–Kier alpha value is -3.46. The molecule has 1 amide bonds. The zero-order valence-corrected chi connectivity index (χ0v) is 19.4. The molecule has 1 aromatic carbocycles. The molecule has 3 heterocycles. The number of hydrogen-bond donors (Lipinski definition) is 2. The van der Waals surface area contributed by atoms with E-state index < -0.39 is 0 Å². The zero-order valence-electron chi connectivity index (χ0n) is 18.6. The summed E-state index contributed by atoms with van der Waals surface area (Å²) in [7, 11) is 1.78. The Balaban J connectivity index is 1.34. The summed E-state index contributed by atoms with van der Waals surface area (Å²) in [6.45, 7) is 1.79. The van der Waals surface area contributed by atoms with Crippen LogP contribution in [0.2, 0.25) is 0 Å². The van der Waals surface area contributed by atoms with Crippen molar-refractivity contribution in [2.24, 2.45) is 7.05 Å². The van der Waals surface area contributed by atoms with Crippen molar-refractivity contribution < 1.29 is 4.79 Å². The van der Waals surface area contributed by atoms with E-state index in [1.54, 1.807) is 30.0 Å². The predicted octanol–water partition coefficient (Wildman–Crippen LogP) is 3.23. The number of H-pyrrole nitrogens is 1. The summed E-state index contributed by atoms with van der Waals surface area (Å²) in [5.41, 5.74) is 2.38. The molecule has 0 bridgehead atoms. The average Bonchev–Trinajstić information content (AvgIpc) is 3.29. The van der Waals surface area contributed by atoms with Crippen LogP contribution in [0, 0.1) is 6.92 Å². The van der Waals surface area contributed by atoms with Crippen molar-refractivity contribution in [3.05, 3.63) is 73.0 Å². The highest BCUT2D eigenvalue weighted by Gasteiger charge is 2.21. The highest BCUT2D eigenvalue weighted by molar-refractivity contribution is 7.18. The first-order valence-corrected chi connectivity index (χ1v) is 11.9. The Bertz CT molecular complexity index is 1480. The van der Waals surface area contributed by atoms with Crippen LogP contribution in [0.25, 0.3) is 15.9 Å². The first-order valence-electron chi connectivity index (χ1n) is 11.1. The molecule has 170 valence electrons. The van der Waals surface area contributed by atoms with Crippen molar-refractivity contribution in [3.8, 4) is 5.69 Å². The molecule has 0 saturated heterocycles. The summed E-state index contributed by atoms with van der Waals surface area (Å²) in [4.78, 5) is 47.8. The van der Waals surface area contributed by atoms with Gasteiger partial charge in [-0.25, -0.2) is 9.67 Å². The van der Waals surface area contributed by atoms with Gasteiger partial charge in [0, 0.05) is 24.8 Å². The van der Waals surface area contributed by atoms with Gasteiger partial charge in [-0.3, -0.25) is 19.1 Å². The molecule has 0 spiro atoms. The highest BCUT2D eigenvalue weighted by Crippen LogP contribution is 2.33. The van der Waals surface area contributed by atoms with E-state index in [1.807, 2.05) is 30.3 Å². The van der Waals surface area contributed by atoms with E-state index in [1.165, 1.54) is 9.56 Å². The van der Waals surface area contributed by atoms with Crippen LogP contribution < -0.4 is 16.4 Å². The van der Waals surface area contributed by atoms with Crippen molar-refractivity contribution in [1.29, 1.82) is 0 Å². The molecule has 0 fully saturated rings. The summed E-state index contributed by atoms with van der Waals surface area (Å²) in [5.74, 6) is 0.196. The van der Waals surface area contributed by atoms with Crippen LogP contribution in [-0.2, 0) is 31.1 Å². The van der Waals surface area contributed by atoms with Crippen LogP contribution in [0.5, 0.6) is 0 Å². The number of aryl methyl sites for hydroxylation is 3. The summed E-state index contributed by atoms with van der Waals surface area (Å²) < 4.78 is 3.25. The molecular formula is C24H25N5O3S. The van der Waals surface area contributed by atoms with Gasteiger partial charge in [-0.1, -0.05) is 18.2 Å². The summed E-state index contributed by atoms with van der Waals surface area (Å²) in [6, 6.07) is 9.28. The number of carbonyl (C=O) groups is 1. The molecule has 0 saturated carbocycles. The van der Waals surface area contributed by atoms with Crippen molar-refractivity contribution >= 4 is 33.1 Å². The predicted molar refractivity (Wildman–Crippen MR) is 130 cm³/mol. The van der Waals surface area contributed by atoms with Gasteiger partial charge in [0.05, 0.1) is 16.8 Å². The number of amides is 1. The Labute approximate surface area is 193 Å². The van der Waals surface area contributed by atoms with Gasteiger partial charge in [0.25, 0.3) is 11.1 Å². The molecule has 33 heavy (non-hydrogen) atoms. The second kappa shape index (κ2) is 8.47. The lowest BCUT2D eigenvalue weighted by atomic mass is 9.97. The van der Waals surface area contributed by atoms with Crippen molar-refractivity contribution in [3.63, 3.8) is 0 Å². The summed E-state index contributed by atoms with van der Waals surface area (Å²) in [6.07, 6.45) is 4.58. The number of hydrogen-bond acceptors (Lipinski definition) is 5. The number of aromatic amines is 1. The van der Waals surface area contributed by atoms with E-state index in [9.17, 15) is 14.4 Å². The van der Waals surface area contributed by atoms with Crippen LogP contribution in [-0.4, -0.2) is 25.2 Å². The zero-order chi connectivity index (χ0) is 23.1. The lowest BCUT2D eigenvalue weighted by molar-refractivity contribution is -0.116. The Morgan fingerprint density at radius 1 is 1.18 bits per heavy atom. The first kappa shape index (κ1) is 21.4. The van der Waals surface area contributed by atoms with Crippen molar-refractivity contribution in [1.82, 2.24) is 19.3 Å². The minimum absolute atomic E-state index is 0.110. The maximum Gasteiger partial charge on any atom is 0.295 e. The average molecular weight is 464 g/mol. The van der Waals surface area contributed by atoms with Crippen LogP contribution in [0.1, 0.15) is 41.2 Å². The van der Waals surface area contributed by atoms with E-state index in [0.29, 0.717) is 23.3 Å². The van der Waals surface area contributed by atoms with Crippen molar-refractivity contribution in [2.75, 3.05) is 5.32 Å². The quantitative estimate of drug-likeness (QED) is 0.474. The molecule has 0 atom stereocenters. The monoisotopic (exact) mass is 463 g/mol. The Morgan fingerprint density at radius 2 is 1.94 bits per heavy atom.